The van der Waals surface area contributed by atoms with Crippen LogP contribution in [0.3, 0.4) is 0 Å². The molecule has 0 radical (unpaired) electrons. The van der Waals surface area contributed by atoms with Gasteiger partial charge in [0.25, 0.3) is 0 Å². The average molecular weight is 119 g/mol. The number of hydrogen-bond acceptors (Lipinski definition) is 3. The molecule has 4 nitrogen and oxygen atoms in total. The molecule has 0 amide bonds. The molecule has 0 saturated heterocycles. The van der Waals surface area contributed by atoms with Crippen LogP contribution < -0.4 is 5.73 Å². The van der Waals surface area contributed by atoms with Crippen LogP contribution in [0.5, 0.6) is 0 Å². The van der Waals surface area contributed by atoms with Crippen molar-refractivity contribution in [2.45, 2.75) is 6.42 Å². The van der Waals surface area contributed by atoms with Crippen LogP contribution in [-0.2, 0) is 4.74 Å². The summed E-state index contributed by atoms with van der Waals surface area (Å²) in [6.07, 6.45) is -0.648. The van der Waals surface area contributed by atoms with Crippen molar-refractivity contribution in [1.29, 1.82) is 0 Å². The lowest BCUT2D eigenvalue weighted by atomic mass is 10.5. The molecule has 0 fully saturated rings. The van der Waals surface area contributed by atoms with Gasteiger partial charge in [0.05, 0.1) is 6.61 Å². The van der Waals surface area contributed by atoms with Crippen LogP contribution in [-0.4, -0.2) is 24.4 Å². The molecule has 0 saturated carbocycles. The minimum Gasteiger partial charge on any atom is -0.450 e. The van der Waals surface area contributed by atoms with E-state index in [2.05, 4.69) is 4.74 Å². The highest BCUT2D eigenvalue weighted by molar-refractivity contribution is 5.56. The number of carbonyl (C=O) groups is 1. The molecule has 0 aromatic carbocycles. The lowest BCUT2D eigenvalue weighted by Crippen LogP contribution is -2.07. The molecule has 0 atom stereocenters. The fourth-order valence-corrected chi connectivity index (χ4v) is 0.243. The van der Waals surface area contributed by atoms with Gasteiger partial charge in [0.2, 0.25) is 0 Å². The van der Waals surface area contributed by atoms with Crippen molar-refractivity contribution in [1.82, 2.24) is 0 Å². The molecule has 0 bridgehead atoms. The van der Waals surface area contributed by atoms with Crippen molar-refractivity contribution in [3.8, 4) is 0 Å². The molecular weight excluding hydrogens is 110 g/mol. The normalized spacial score (nSPS) is 8.62. The molecule has 0 aromatic rings. The van der Waals surface area contributed by atoms with Crippen molar-refractivity contribution >= 4 is 6.16 Å². The van der Waals surface area contributed by atoms with Gasteiger partial charge in [-0.2, -0.15) is 0 Å². The van der Waals surface area contributed by atoms with Gasteiger partial charge in [-0.25, -0.2) is 4.79 Å². The van der Waals surface area contributed by atoms with E-state index >= 15 is 0 Å². The molecule has 4 heteroatoms. The third kappa shape index (κ3) is 5.23. The zero-order chi connectivity index (χ0) is 6.41. The Hall–Kier alpha value is -0.770. The van der Waals surface area contributed by atoms with E-state index in [9.17, 15) is 4.79 Å². The summed E-state index contributed by atoms with van der Waals surface area (Å²) < 4.78 is 4.12. The van der Waals surface area contributed by atoms with Crippen molar-refractivity contribution in [3.05, 3.63) is 0 Å². The van der Waals surface area contributed by atoms with Crippen LogP contribution in [0.1, 0.15) is 6.42 Å². The van der Waals surface area contributed by atoms with Crippen LogP contribution in [0.4, 0.5) is 4.79 Å². The van der Waals surface area contributed by atoms with Gasteiger partial charge in [0.1, 0.15) is 0 Å². The van der Waals surface area contributed by atoms with Crippen molar-refractivity contribution in [3.63, 3.8) is 0 Å². The largest absolute Gasteiger partial charge is 0.505 e. The Morgan fingerprint density at radius 2 is 2.38 bits per heavy atom. The summed E-state index contributed by atoms with van der Waals surface area (Å²) in [7, 11) is 0. The minimum absolute atomic E-state index is 0.200. The van der Waals surface area contributed by atoms with E-state index in [1.165, 1.54) is 0 Å². The molecule has 0 heterocycles. The minimum atomic E-state index is -1.24. The number of nitrogens with two attached hydrogens (primary N) is 1. The predicted octanol–water partition coefficient (Wildman–Crippen LogP) is 0.0298. The van der Waals surface area contributed by atoms with E-state index < -0.39 is 6.16 Å². The summed E-state index contributed by atoms with van der Waals surface area (Å²) in [5, 5.41) is 7.88. The molecule has 0 aromatic heterocycles. The Morgan fingerprint density at radius 3 is 2.75 bits per heavy atom. The molecule has 0 aliphatic heterocycles. The maximum Gasteiger partial charge on any atom is 0.505 e. The van der Waals surface area contributed by atoms with Gasteiger partial charge in [0.15, 0.2) is 0 Å². The molecule has 0 rings (SSSR count). The third-order valence-corrected chi connectivity index (χ3v) is 0.574. The van der Waals surface area contributed by atoms with Crippen LogP contribution in [0.15, 0.2) is 0 Å². The van der Waals surface area contributed by atoms with E-state index in [1.807, 2.05) is 0 Å². The molecule has 48 valence electrons. The number of hydrogen-bond donors (Lipinski definition) is 2. The third-order valence-electron chi connectivity index (χ3n) is 0.574. The first-order chi connectivity index (χ1) is 3.77. The predicted molar refractivity (Wildman–Crippen MR) is 27.6 cm³/mol. The first-order valence-electron chi connectivity index (χ1n) is 2.33. The summed E-state index contributed by atoms with van der Waals surface area (Å²) >= 11 is 0. The summed E-state index contributed by atoms with van der Waals surface area (Å²) in [4.78, 5) is 9.61. The second-order valence-corrected chi connectivity index (χ2v) is 1.26. The highest BCUT2D eigenvalue weighted by atomic mass is 16.7. The SMILES string of the molecule is NCCCOC(=O)O. The highest BCUT2D eigenvalue weighted by Gasteiger charge is 1.91. The summed E-state index contributed by atoms with van der Waals surface area (Å²) in [5.41, 5.74) is 5.04. The lowest BCUT2D eigenvalue weighted by molar-refractivity contribution is 0.0912. The van der Waals surface area contributed by atoms with Gasteiger partial charge in [-0.3, -0.25) is 0 Å². The first kappa shape index (κ1) is 7.23. The van der Waals surface area contributed by atoms with Gasteiger partial charge in [-0.05, 0) is 13.0 Å². The molecular formula is C4H9NO3. The Morgan fingerprint density at radius 1 is 1.75 bits per heavy atom. The number of ether oxygens (including phenoxy) is 1. The smallest absolute Gasteiger partial charge is 0.450 e. The second kappa shape index (κ2) is 4.39. The zero-order valence-corrected chi connectivity index (χ0v) is 4.46. The molecule has 0 unspecified atom stereocenters. The van der Waals surface area contributed by atoms with Gasteiger partial charge < -0.3 is 15.6 Å². The molecule has 3 N–H and O–H groups in total. The Kier molecular flexibility index (Phi) is 3.97. The lowest BCUT2D eigenvalue weighted by Gasteiger charge is -1.94. The van der Waals surface area contributed by atoms with E-state index in [4.69, 9.17) is 10.8 Å². The number of carboxylic acid groups (broad SMARTS) is 1. The van der Waals surface area contributed by atoms with Crippen LogP contribution >= 0.6 is 0 Å². The summed E-state index contributed by atoms with van der Waals surface area (Å²) in [6, 6.07) is 0. The summed E-state index contributed by atoms with van der Waals surface area (Å²) in [5.74, 6) is 0. The fraction of sp³-hybridized carbons (Fsp3) is 0.750. The maximum absolute atomic E-state index is 9.61. The van der Waals surface area contributed by atoms with Gasteiger partial charge in [-0.15, -0.1) is 0 Å². The van der Waals surface area contributed by atoms with Crippen molar-refractivity contribution in [2.75, 3.05) is 13.2 Å². The van der Waals surface area contributed by atoms with Gasteiger partial charge in [-0.1, -0.05) is 0 Å². The molecule has 8 heavy (non-hydrogen) atoms. The average Bonchev–Trinajstić information content (AvgIpc) is 1.66. The second-order valence-electron chi connectivity index (χ2n) is 1.26. The van der Waals surface area contributed by atoms with E-state index in [0.717, 1.165) is 0 Å². The quantitative estimate of drug-likeness (QED) is 0.406. The van der Waals surface area contributed by atoms with Crippen molar-refractivity contribution < 1.29 is 14.6 Å². The van der Waals surface area contributed by atoms with Crippen LogP contribution in [0, 0.1) is 0 Å². The summed E-state index contributed by atoms with van der Waals surface area (Å²) in [6.45, 7) is 0.666. The zero-order valence-electron chi connectivity index (χ0n) is 4.46. The molecule has 0 spiro atoms. The van der Waals surface area contributed by atoms with Crippen LogP contribution in [0.2, 0.25) is 0 Å². The van der Waals surface area contributed by atoms with E-state index in [1.54, 1.807) is 0 Å². The molecule has 0 aliphatic rings. The maximum atomic E-state index is 9.61. The number of rotatable bonds is 3. The van der Waals surface area contributed by atoms with Gasteiger partial charge in [0, 0.05) is 0 Å². The topological polar surface area (TPSA) is 72.5 Å². The van der Waals surface area contributed by atoms with E-state index in [-0.39, 0.29) is 6.61 Å². The van der Waals surface area contributed by atoms with Crippen molar-refractivity contribution in [2.24, 2.45) is 5.73 Å². The Labute approximate surface area is 47.2 Å². The monoisotopic (exact) mass is 119 g/mol. The first-order valence-corrected chi connectivity index (χ1v) is 2.33. The Balaban J connectivity index is 2.82. The van der Waals surface area contributed by atoms with Crippen LogP contribution in [0.25, 0.3) is 0 Å². The van der Waals surface area contributed by atoms with E-state index in [0.29, 0.717) is 13.0 Å². The standard InChI is InChI=1S/C4H9NO3/c5-2-1-3-8-4(6)7/h1-3,5H2,(H,6,7). The Bertz CT molecular complexity index is 73.7. The molecule has 0 aliphatic carbocycles. The fourth-order valence-electron chi connectivity index (χ4n) is 0.243. The van der Waals surface area contributed by atoms with Gasteiger partial charge >= 0.3 is 6.16 Å². The highest BCUT2D eigenvalue weighted by Crippen LogP contribution is 1.78.